The molecule has 1 fully saturated rings. The van der Waals surface area contributed by atoms with Crippen molar-refractivity contribution < 1.29 is 9.32 Å². The SMILES string of the molecule is Cc1noc(-c2ccn3c(CNC(=O)C4CC4)nnc3c2)n1. The highest BCUT2D eigenvalue weighted by atomic mass is 16.5. The third-order valence-corrected chi connectivity index (χ3v) is 3.62. The zero-order valence-electron chi connectivity index (χ0n) is 12.0. The third kappa shape index (κ3) is 2.32. The predicted molar refractivity (Wildman–Crippen MR) is 75.6 cm³/mol. The van der Waals surface area contributed by atoms with Gasteiger partial charge in [0.05, 0.1) is 6.54 Å². The lowest BCUT2D eigenvalue weighted by molar-refractivity contribution is -0.122. The molecule has 1 amide bonds. The van der Waals surface area contributed by atoms with Crippen LogP contribution in [0.5, 0.6) is 0 Å². The molecule has 1 saturated carbocycles. The molecule has 0 bridgehead atoms. The number of rotatable bonds is 4. The average Bonchev–Trinajstić information content (AvgIpc) is 3.17. The van der Waals surface area contributed by atoms with E-state index in [2.05, 4.69) is 25.7 Å². The number of hydrogen-bond acceptors (Lipinski definition) is 6. The number of aromatic nitrogens is 5. The van der Waals surface area contributed by atoms with E-state index >= 15 is 0 Å². The van der Waals surface area contributed by atoms with Gasteiger partial charge in [0.2, 0.25) is 5.91 Å². The fourth-order valence-electron chi connectivity index (χ4n) is 2.26. The molecule has 3 aromatic heterocycles. The van der Waals surface area contributed by atoms with Crippen LogP contribution in [0.1, 0.15) is 24.5 Å². The maximum absolute atomic E-state index is 11.7. The number of carbonyl (C=O) groups excluding carboxylic acids is 1. The van der Waals surface area contributed by atoms with Crippen LogP contribution in [-0.2, 0) is 11.3 Å². The fraction of sp³-hybridized carbons (Fsp3) is 0.357. The van der Waals surface area contributed by atoms with Crippen molar-refractivity contribution in [3.63, 3.8) is 0 Å². The molecular formula is C14H14N6O2. The quantitative estimate of drug-likeness (QED) is 0.775. The van der Waals surface area contributed by atoms with E-state index in [1.807, 2.05) is 22.7 Å². The van der Waals surface area contributed by atoms with Crippen molar-refractivity contribution in [2.75, 3.05) is 0 Å². The first-order valence-corrected chi connectivity index (χ1v) is 7.13. The van der Waals surface area contributed by atoms with E-state index in [0.717, 1.165) is 18.4 Å². The smallest absolute Gasteiger partial charge is 0.258 e. The van der Waals surface area contributed by atoms with Gasteiger partial charge in [-0.1, -0.05) is 5.16 Å². The van der Waals surface area contributed by atoms with Gasteiger partial charge >= 0.3 is 0 Å². The van der Waals surface area contributed by atoms with E-state index in [1.54, 1.807) is 6.92 Å². The molecule has 112 valence electrons. The third-order valence-electron chi connectivity index (χ3n) is 3.62. The van der Waals surface area contributed by atoms with Crippen molar-refractivity contribution in [1.82, 2.24) is 30.1 Å². The summed E-state index contributed by atoms with van der Waals surface area (Å²) in [6.45, 7) is 2.14. The first-order chi connectivity index (χ1) is 10.7. The highest BCUT2D eigenvalue weighted by molar-refractivity contribution is 5.80. The Morgan fingerprint density at radius 2 is 2.32 bits per heavy atom. The van der Waals surface area contributed by atoms with Gasteiger partial charge in [0.25, 0.3) is 5.89 Å². The predicted octanol–water partition coefficient (Wildman–Crippen LogP) is 1.11. The van der Waals surface area contributed by atoms with E-state index < -0.39 is 0 Å². The van der Waals surface area contributed by atoms with Crippen LogP contribution >= 0.6 is 0 Å². The first-order valence-electron chi connectivity index (χ1n) is 7.13. The summed E-state index contributed by atoms with van der Waals surface area (Å²) in [6, 6.07) is 3.68. The van der Waals surface area contributed by atoms with Crippen molar-refractivity contribution in [3.05, 3.63) is 30.0 Å². The van der Waals surface area contributed by atoms with Crippen LogP contribution in [0, 0.1) is 12.8 Å². The minimum atomic E-state index is 0.0923. The maximum atomic E-state index is 11.7. The summed E-state index contributed by atoms with van der Waals surface area (Å²) in [5.74, 6) is 2.00. The van der Waals surface area contributed by atoms with Crippen molar-refractivity contribution in [1.29, 1.82) is 0 Å². The zero-order valence-corrected chi connectivity index (χ0v) is 12.0. The number of carbonyl (C=O) groups is 1. The van der Waals surface area contributed by atoms with Crippen LogP contribution in [0.15, 0.2) is 22.9 Å². The van der Waals surface area contributed by atoms with Crippen LogP contribution in [0.4, 0.5) is 0 Å². The van der Waals surface area contributed by atoms with Crippen LogP contribution in [-0.4, -0.2) is 30.6 Å². The summed E-state index contributed by atoms with van der Waals surface area (Å²) in [4.78, 5) is 15.9. The van der Waals surface area contributed by atoms with Gasteiger partial charge < -0.3 is 9.84 Å². The highest BCUT2D eigenvalue weighted by Crippen LogP contribution is 2.28. The topological polar surface area (TPSA) is 98.2 Å². The van der Waals surface area contributed by atoms with Gasteiger partial charge in [-0.25, -0.2) is 0 Å². The Balaban J connectivity index is 1.58. The first kappa shape index (κ1) is 12.9. The minimum absolute atomic E-state index is 0.0923. The van der Waals surface area contributed by atoms with Crippen LogP contribution in [0.2, 0.25) is 0 Å². The number of pyridine rings is 1. The van der Waals surface area contributed by atoms with Crippen LogP contribution < -0.4 is 5.32 Å². The standard InChI is InChI=1S/C14H14N6O2/c1-8-16-14(22-19-8)10-4-5-20-11(6-10)17-18-12(20)7-15-13(21)9-2-3-9/h4-6,9H,2-3,7H2,1H3,(H,15,21). The van der Waals surface area contributed by atoms with Crippen LogP contribution in [0.25, 0.3) is 17.1 Å². The lowest BCUT2D eigenvalue weighted by Crippen LogP contribution is -2.25. The molecule has 3 aromatic rings. The minimum Gasteiger partial charge on any atom is -0.349 e. The lowest BCUT2D eigenvalue weighted by atomic mass is 10.2. The number of nitrogens with zero attached hydrogens (tertiary/aromatic N) is 5. The maximum Gasteiger partial charge on any atom is 0.258 e. The lowest BCUT2D eigenvalue weighted by Gasteiger charge is -2.03. The van der Waals surface area contributed by atoms with Gasteiger partial charge in [0.1, 0.15) is 0 Å². The summed E-state index contributed by atoms with van der Waals surface area (Å²) in [6.07, 6.45) is 3.81. The summed E-state index contributed by atoms with van der Waals surface area (Å²) in [7, 11) is 0. The second kappa shape index (κ2) is 4.90. The molecular weight excluding hydrogens is 284 g/mol. The Labute approximate surface area is 125 Å². The Morgan fingerprint density at radius 3 is 3.05 bits per heavy atom. The van der Waals surface area contributed by atoms with E-state index in [9.17, 15) is 4.79 Å². The van der Waals surface area contributed by atoms with Gasteiger partial charge in [-0.2, -0.15) is 4.98 Å². The Morgan fingerprint density at radius 1 is 1.45 bits per heavy atom. The van der Waals surface area contributed by atoms with Crippen molar-refractivity contribution in [2.24, 2.45) is 5.92 Å². The summed E-state index contributed by atoms with van der Waals surface area (Å²) in [5, 5.41) is 14.9. The Bertz CT molecular complexity index is 848. The zero-order chi connectivity index (χ0) is 15.1. The molecule has 1 aliphatic rings. The molecule has 4 rings (SSSR count). The van der Waals surface area contributed by atoms with Gasteiger partial charge in [0, 0.05) is 17.7 Å². The van der Waals surface area contributed by atoms with E-state index in [1.165, 1.54) is 0 Å². The average molecular weight is 298 g/mol. The Hall–Kier alpha value is -2.77. The van der Waals surface area contributed by atoms with Crippen molar-refractivity contribution >= 4 is 11.6 Å². The van der Waals surface area contributed by atoms with Gasteiger partial charge in [-0.05, 0) is 31.9 Å². The summed E-state index contributed by atoms with van der Waals surface area (Å²) in [5.41, 5.74) is 1.46. The molecule has 8 nitrogen and oxygen atoms in total. The fourth-order valence-corrected chi connectivity index (χ4v) is 2.26. The monoisotopic (exact) mass is 298 g/mol. The molecule has 22 heavy (non-hydrogen) atoms. The Kier molecular flexibility index (Phi) is 2.88. The molecule has 3 heterocycles. The van der Waals surface area contributed by atoms with E-state index in [0.29, 0.717) is 29.7 Å². The number of amides is 1. The summed E-state index contributed by atoms with van der Waals surface area (Å²) >= 11 is 0. The molecule has 8 heteroatoms. The molecule has 1 N–H and O–H groups in total. The van der Waals surface area contributed by atoms with Gasteiger partial charge in [0.15, 0.2) is 17.3 Å². The number of fused-ring (bicyclic) bond motifs is 1. The van der Waals surface area contributed by atoms with Crippen molar-refractivity contribution in [2.45, 2.75) is 26.3 Å². The van der Waals surface area contributed by atoms with E-state index in [4.69, 9.17) is 4.52 Å². The normalized spacial score (nSPS) is 14.4. The highest BCUT2D eigenvalue weighted by Gasteiger charge is 2.29. The number of hydrogen-bond donors (Lipinski definition) is 1. The van der Waals surface area contributed by atoms with Gasteiger partial charge in [-0.15, -0.1) is 10.2 Å². The number of aryl methyl sites for hydroxylation is 1. The largest absolute Gasteiger partial charge is 0.349 e. The number of nitrogens with one attached hydrogen (secondary N) is 1. The molecule has 0 aliphatic heterocycles. The summed E-state index contributed by atoms with van der Waals surface area (Å²) < 4.78 is 6.98. The van der Waals surface area contributed by atoms with Gasteiger partial charge in [-0.3, -0.25) is 9.20 Å². The molecule has 0 unspecified atom stereocenters. The second-order valence-corrected chi connectivity index (χ2v) is 5.40. The molecule has 0 aromatic carbocycles. The molecule has 0 spiro atoms. The van der Waals surface area contributed by atoms with Crippen molar-refractivity contribution in [3.8, 4) is 11.5 Å². The second-order valence-electron chi connectivity index (χ2n) is 5.40. The van der Waals surface area contributed by atoms with E-state index in [-0.39, 0.29) is 11.8 Å². The van der Waals surface area contributed by atoms with Crippen LogP contribution in [0.3, 0.4) is 0 Å². The molecule has 0 atom stereocenters. The molecule has 1 aliphatic carbocycles. The molecule has 0 radical (unpaired) electrons. The molecule has 0 saturated heterocycles.